The second-order valence-corrected chi connectivity index (χ2v) is 7.12. The highest BCUT2D eigenvalue weighted by Crippen LogP contribution is 2.20. The van der Waals surface area contributed by atoms with Crippen molar-refractivity contribution < 1.29 is 14.0 Å². The summed E-state index contributed by atoms with van der Waals surface area (Å²) in [5.41, 5.74) is 5.50. The Morgan fingerprint density at radius 2 is 1.86 bits per heavy atom. The van der Waals surface area contributed by atoms with E-state index in [2.05, 4.69) is 21.0 Å². The molecule has 7 nitrogen and oxygen atoms in total. The Hall–Kier alpha value is -2.91. The lowest BCUT2D eigenvalue weighted by molar-refractivity contribution is 0.0844. The second-order valence-electron chi connectivity index (χ2n) is 5.74. The molecule has 0 unspecified atom stereocenters. The van der Waals surface area contributed by atoms with Crippen LogP contribution in [0.3, 0.4) is 0 Å². The molecule has 0 atom stereocenters. The maximum absolute atomic E-state index is 13.7. The summed E-state index contributed by atoms with van der Waals surface area (Å²) >= 11 is 7.28. The Balaban J connectivity index is 1.55. The average Bonchev–Trinajstić information content (AvgIpc) is 3.11. The van der Waals surface area contributed by atoms with Crippen molar-refractivity contribution in [2.75, 3.05) is 0 Å². The standard InChI is InChI=1S/C18H15ClFN5O2S/c1-25-10-21-24-18(25)28-9-11-2-4-12(5-3-11)16(26)22-23-17(27)14-8-13(19)6-7-15(14)20/h2-8,10H,9H2,1H3,(H,22,26)(H,23,27). The average molecular weight is 420 g/mol. The predicted molar refractivity (Wildman–Crippen MR) is 103 cm³/mol. The van der Waals surface area contributed by atoms with Crippen LogP contribution in [0.2, 0.25) is 5.02 Å². The van der Waals surface area contributed by atoms with E-state index in [1.54, 1.807) is 30.6 Å². The van der Waals surface area contributed by atoms with Crippen molar-refractivity contribution >= 4 is 35.2 Å². The van der Waals surface area contributed by atoms with E-state index in [9.17, 15) is 14.0 Å². The van der Waals surface area contributed by atoms with Crippen LogP contribution in [0, 0.1) is 5.82 Å². The number of benzene rings is 2. The van der Waals surface area contributed by atoms with Crippen molar-refractivity contribution in [2.24, 2.45) is 7.05 Å². The largest absolute Gasteiger partial charge is 0.312 e. The van der Waals surface area contributed by atoms with Crippen LogP contribution >= 0.6 is 23.4 Å². The third kappa shape index (κ3) is 4.87. The number of nitrogens with zero attached hydrogens (tertiary/aromatic N) is 3. The molecule has 0 spiro atoms. The minimum atomic E-state index is -0.801. The molecule has 0 saturated carbocycles. The van der Waals surface area contributed by atoms with Gasteiger partial charge in [0.2, 0.25) is 0 Å². The summed E-state index contributed by atoms with van der Waals surface area (Å²) in [6.45, 7) is 0. The molecular formula is C18H15ClFN5O2S. The van der Waals surface area contributed by atoms with Gasteiger partial charge in [-0.1, -0.05) is 35.5 Å². The number of halogens is 2. The molecule has 0 fully saturated rings. The van der Waals surface area contributed by atoms with Crippen LogP contribution in [0.1, 0.15) is 26.3 Å². The van der Waals surface area contributed by atoms with Gasteiger partial charge >= 0.3 is 0 Å². The first-order valence-corrected chi connectivity index (χ1v) is 9.42. The Kier molecular flexibility index (Phi) is 6.27. The molecule has 0 saturated heterocycles. The van der Waals surface area contributed by atoms with Gasteiger partial charge in [0.15, 0.2) is 5.16 Å². The lowest BCUT2D eigenvalue weighted by Crippen LogP contribution is -2.41. The fourth-order valence-corrected chi connectivity index (χ4v) is 3.24. The first-order chi connectivity index (χ1) is 13.4. The molecule has 0 aliphatic heterocycles. The van der Waals surface area contributed by atoms with Crippen molar-refractivity contribution in [3.63, 3.8) is 0 Å². The summed E-state index contributed by atoms with van der Waals surface area (Å²) < 4.78 is 15.5. The Bertz CT molecular complexity index is 1010. The third-order valence-electron chi connectivity index (χ3n) is 3.72. The van der Waals surface area contributed by atoms with Gasteiger partial charge in [-0.3, -0.25) is 20.4 Å². The monoisotopic (exact) mass is 419 g/mol. The summed E-state index contributed by atoms with van der Waals surface area (Å²) in [4.78, 5) is 24.2. The first kappa shape index (κ1) is 19.8. The number of amides is 2. The number of nitrogens with one attached hydrogen (secondary N) is 2. The van der Waals surface area contributed by atoms with Crippen LogP contribution in [-0.2, 0) is 12.8 Å². The Morgan fingerprint density at radius 1 is 1.14 bits per heavy atom. The number of aryl methyl sites for hydroxylation is 1. The molecule has 2 N–H and O–H groups in total. The summed E-state index contributed by atoms with van der Waals surface area (Å²) in [7, 11) is 1.86. The van der Waals surface area contributed by atoms with Gasteiger partial charge in [-0.05, 0) is 35.9 Å². The quantitative estimate of drug-likeness (QED) is 0.490. The van der Waals surface area contributed by atoms with Gasteiger partial charge in [-0.25, -0.2) is 4.39 Å². The fourth-order valence-electron chi connectivity index (χ4n) is 2.23. The highest BCUT2D eigenvalue weighted by Gasteiger charge is 2.14. The van der Waals surface area contributed by atoms with Crippen LogP contribution in [0.5, 0.6) is 0 Å². The van der Waals surface area contributed by atoms with Gasteiger partial charge in [0, 0.05) is 23.4 Å². The van der Waals surface area contributed by atoms with Crippen LogP contribution in [0.15, 0.2) is 53.9 Å². The molecule has 28 heavy (non-hydrogen) atoms. The molecule has 144 valence electrons. The molecule has 10 heteroatoms. The highest BCUT2D eigenvalue weighted by atomic mass is 35.5. The van der Waals surface area contributed by atoms with E-state index >= 15 is 0 Å². The van der Waals surface area contributed by atoms with E-state index < -0.39 is 17.6 Å². The molecular weight excluding hydrogens is 405 g/mol. The number of carbonyl (C=O) groups excluding carboxylic acids is 2. The van der Waals surface area contributed by atoms with Crippen LogP contribution < -0.4 is 10.9 Å². The van der Waals surface area contributed by atoms with Gasteiger partial charge in [-0.2, -0.15) is 0 Å². The lowest BCUT2D eigenvalue weighted by atomic mass is 10.1. The molecule has 3 rings (SSSR count). The zero-order valence-corrected chi connectivity index (χ0v) is 16.2. The SMILES string of the molecule is Cn1cnnc1SCc1ccc(C(=O)NNC(=O)c2cc(Cl)ccc2F)cc1. The summed E-state index contributed by atoms with van der Waals surface area (Å²) in [6.07, 6.45) is 1.62. The second kappa shape index (κ2) is 8.85. The fraction of sp³-hybridized carbons (Fsp3) is 0.111. The van der Waals surface area contributed by atoms with E-state index in [0.29, 0.717) is 11.3 Å². The molecule has 0 radical (unpaired) electrons. The zero-order chi connectivity index (χ0) is 20.1. The highest BCUT2D eigenvalue weighted by molar-refractivity contribution is 7.98. The number of hydrogen-bond donors (Lipinski definition) is 2. The lowest BCUT2D eigenvalue weighted by Gasteiger charge is -2.09. The molecule has 2 aromatic carbocycles. The number of thioether (sulfide) groups is 1. The topological polar surface area (TPSA) is 88.9 Å². The number of hydrazine groups is 1. The number of rotatable bonds is 5. The van der Waals surface area contributed by atoms with Crippen LogP contribution in [0.25, 0.3) is 0 Å². The number of hydrogen-bond acceptors (Lipinski definition) is 5. The maximum Gasteiger partial charge on any atom is 0.272 e. The minimum absolute atomic E-state index is 0.215. The van der Waals surface area contributed by atoms with Crippen molar-refractivity contribution in [3.05, 3.63) is 76.3 Å². The zero-order valence-electron chi connectivity index (χ0n) is 14.6. The normalized spacial score (nSPS) is 10.5. The van der Waals surface area contributed by atoms with Gasteiger partial charge < -0.3 is 4.57 Å². The summed E-state index contributed by atoms with van der Waals surface area (Å²) in [5, 5.41) is 8.81. The van der Waals surface area contributed by atoms with E-state index in [1.807, 2.05) is 11.6 Å². The van der Waals surface area contributed by atoms with Gasteiger partial charge in [-0.15, -0.1) is 10.2 Å². The van der Waals surface area contributed by atoms with Crippen molar-refractivity contribution in [1.82, 2.24) is 25.6 Å². The van der Waals surface area contributed by atoms with Crippen molar-refractivity contribution in [1.29, 1.82) is 0 Å². The van der Waals surface area contributed by atoms with E-state index in [-0.39, 0.29) is 10.6 Å². The van der Waals surface area contributed by atoms with Crippen molar-refractivity contribution in [3.8, 4) is 0 Å². The van der Waals surface area contributed by atoms with E-state index in [4.69, 9.17) is 11.6 Å². The van der Waals surface area contributed by atoms with E-state index in [0.717, 1.165) is 16.8 Å². The van der Waals surface area contributed by atoms with Crippen molar-refractivity contribution in [2.45, 2.75) is 10.9 Å². The smallest absolute Gasteiger partial charge is 0.272 e. The molecule has 2 amide bonds. The Labute approximate surface area is 169 Å². The minimum Gasteiger partial charge on any atom is -0.312 e. The van der Waals surface area contributed by atoms with Gasteiger partial charge in [0.1, 0.15) is 12.1 Å². The third-order valence-corrected chi connectivity index (χ3v) is 5.06. The maximum atomic E-state index is 13.7. The van der Waals surface area contributed by atoms with E-state index in [1.165, 1.54) is 23.9 Å². The molecule has 1 aromatic heterocycles. The van der Waals surface area contributed by atoms with Gasteiger partial charge in [0.25, 0.3) is 11.8 Å². The van der Waals surface area contributed by atoms with Crippen LogP contribution in [0.4, 0.5) is 4.39 Å². The summed E-state index contributed by atoms with van der Waals surface area (Å²) in [6, 6.07) is 10.5. The molecule has 0 bridgehead atoms. The summed E-state index contributed by atoms with van der Waals surface area (Å²) in [5.74, 6) is -1.39. The Morgan fingerprint density at radius 3 is 2.54 bits per heavy atom. The van der Waals surface area contributed by atoms with Crippen LogP contribution in [-0.4, -0.2) is 26.6 Å². The first-order valence-electron chi connectivity index (χ1n) is 8.05. The predicted octanol–water partition coefficient (Wildman–Crippen LogP) is 2.97. The molecule has 1 heterocycles. The molecule has 0 aliphatic rings. The molecule has 3 aromatic rings. The number of aromatic nitrogens is 3. The number of carbonyl (C=O) groups is 2. The van der Waals surface area contributed by atoms with Gasteiger partial charge in [0.05, 0.1) is 5.56 Å². The molecule has 0 aliphatic carbocycles.